The summed E-state index contributed by atoms with van der Waals surface area (Å²) in [6.45, 7) is 2.03. The topological polar surface area (TPSA) is 106 Å². The van der Waals surface area contributed by atoms with Crippen LogP contribution in [0.25, 0.3) is 0 Å². The molecule has 35 heavy (non-hydrogen) atoms. The van der Waals surface area contributed by atoms with Crippen LogP contribution in [0.2, 0.25) is 10.0 Å². The molecule has 0 aliphatic carbocycles. The van der Waals surface area contributed by atoms with Crippen molar-refractivity contribution in [2.75, 3.05) is 26.6 Å². The highest BCUT2D eigenvalue weighted by atomic mass is 35.5. The molecule has 2 aromatic carbocycles. The van der Waals surface area contributed by atoms with E-state index in [1.54, 1.807) is 18.2 Å². The van der Waals surface area contributed by atoms with Crippen molar-refractivity contribution in [2.24, 2.45) is 5.92 Å². The molecule has 3 N–H and O–H groups in total. The van der Waals surface area contributed by atoms with Gasteiger partial charge in [0.2, 0.25) is 5.75 Å². The van der Waals surface area contributed by atoms with Crippen molar-refractivity contribution in [3.8, 4) is 17.2 Å². The van der Waals surface area contributed by atoms with Crippen LogP contribution < -0.4 is 24.8 Å². The Balaban J connectivity index is 2.09. The Bertz CT molecular complexity index is 992. The first-order chi connectivity index (χ1) is 16.7. The van der Waals surface area contributed by atoms with Gasteiger partial charge in [-0.3, -0.25) is 4.79 Å². The first-order valence-electron chi connectivity index (χ1n) is 11.2. The molecule has 2 rings (SSSR count). The summed E-state index contributed by atoms with van der Waals surface area (Å²) in [5, 5.41) is 15.8. The fourth-order valence-electron chi connectivity index (χ4n) is 3.75. The zero-order valence-corrected chi connectivity index (χ0v) is 21.8. The van der Waals surface area contributed by atoms with Gasteiger partial charge in [-0.1, -0.05) is 36.2 Å². The van der Waals surface area contributed by atoms with E-state index in [2.05, 4.69) is 10.6 Å². The van der Waals surface area contributed by atoms with Crippen molar-refractivity contribution in [2.45, 2.75) is 45.1 Å². The molecule has 2 atom stereocenters. The van der Waals surface area contributed by atoms with Gasteiger partial charge in [-0.15, -0.1) is 0 Å². The number of ether oxygens (including phenoxy) is 3. The molecule has 192 valence electrons. The number of carbonyl (C=O) groups is 2. The van der Waals surface area contributed by atoms with E-state index in [0.717, 1.165) is 18.4 Å². The third-order valence-corrected chi connectivity index (χ3v) is 6.44. The van der Waals surface area contributed by atoms with Gasteiger partial charge in [-0.05, 0) is 49.3 Å². The number of carboxylic acids is 1. The minimum Gasteiger partial charge on any atom is -0.493 e. The molecular formula is C25H32Cl2N2O6. The number of aryl methyl sites for hydroxylation is 1. The molecule has 2 aromatic rings. The third kappa shape index (κ3) is 8.71. The molecule has 0 spiro atoms. The molecule has 8 nitrogen and oxygen atoms in total. The summed E-state index contributed by atoms with van der Waals surface area (Å²) in [7, 11) is 4.49. The second-order valence-electron chi connectivity index (χ2n) is 8.17. The number of benzene rings is 2. The molecule has 0 heterocycles. The van der Waals surface area contributed by atoms with Gasteiger partial charge < -0.3 is 30.0 Å². The van der Waals surface area contributed by atoms with Gasteiger partial charge in [0.05, 0.1) is 37.1 Å². The number of urea groups is 1. The van der Waals surface area contributed by atoms with E-state index in [-0.39, 0.29) is 18.4 Å². The van der Waals surface area contributed by atoms with Crippen molar-refractivity contribution in [1.82, 2.24) is 5.32 Å². The SMILES string of the molecule is COc1cc(NC(=O)NC(CCCC(=O)O)C(C)CCc2ccc(Cl)c(Cl)c2)cc(OC)c1OC. The molecule has 0 saturated carbocycles. The highest BCUT2D eigenvalue weighted by Gasteiger charge is 2.21. The van der Waals surface area contributed by atoms with E-state index in [0.29, 0.717) is 45.8 Å². The zero-order valence-electron chi connectivity index (χ0n) is 20.3. The number of anilines is 1. The van der Waals surface area contributed by atoms with Crippen molar-refractivity contribution in [1.29, 1.82) is 0 Å². The summed E-state index contributed by atoms with van der Waals surface area (Å²) >= 11 is 12.1. The standard InChI is InChI=1S/C25H32Cl2N2O6/c1-15(8-9-16-10-11-18(26)19(27)12-16)20(6-5-7-23(30)31)29-25(32)28-17-13-21(33-2)24(35-4)22(14-17)34-3/h10-15,20H,5-9H2,1-4H3,(H,30,31)(H2,28,29,32). The number of methoxy groups -OCH3 is 3. The lowest BCUT2D eigenvalue weighted by molar-refractivity contribution is -0.137. The van der Waals surface area contributed by atoms with Crippen LogP contribution in [0.3, 0.4) is 0 Å². The number of carboxylic acid groups (broad SMARTS) is 1. The number of aliphatic carboxylic acids is 1. The third-order valence-electron chi connectivity index (χ3n) is 5.70. The number of carbonyl (C=O) groups excluding carboxylic acids is 1. The molecule has 2 unspecified atom stereocenters. The maximum atomic E-state index is 12.9. The second kappa shape index (κ2) is 13.9. The molecule has 10 heteroatoms. The maximum absolute atomic E-state index is 12.9. The fourth-order valence-corrected chi connectivity index (χ4v) is 4.07. The molecule has 0 saturated heterocycles. The quantitative estimate of drug-likeness (QED) is 0.294. The van der Waals surface area contributed by atoms with E-state index in [9.17, 15) is 9.59 Å². The van der Waals surface area contributed by atoms with E-state index < -0.39 is 12.0 Å². The predicted octanol–water partition coefficient (Wildman–Crippen LogP) is 6.03. The number of rotatable bonds is 13. The Hall–Kier alpha value is -2.84. The first kappa shape index (κ1) is 28.4. The average Bonchev–Trinajstić information content (AvgIpc) is 2.82. The maximum Gasteiger partial charge on any atom is 0.319 e. The summed E-state index contributed by atoms with van der Waals surface area (Å²) < 4.78 is 16.0. The molecule has 0 aliphatic rings. The van der Waals surface area contributed by atoms with Crippen LogP contribution in [0.4, 0.5) is 10.5 Å². The summed E-state index contributed by atoms with van der Waals surface area (Å²) in [4.78, 5) is 23.9. The monoisotopic (exact) mass is 526 g/mol. The van der Waals surface area contributed by atoms with Crippen molar-refractivity contribution in [3.05, 3.63) is 45.9 Å². The number of halogens is 2. The predicted molar refractivity (Wildman–Crippen MR) is 137 cm³/mol. The van der Waals surface area contributed by atoms with Gasteiger partial charge in [0, 0.05) is 24.6 Å². The van der Waals surface area contributed by atoms with Crippen LogP contribution >= 0.6 is 23.2 Å². The lowest BCUT2D eigenvalue weighted by atomic mass is 9.91. The summed E-state index contributed by atoms with van der Waals surface area (Å²) in [6.07, 6.45) is 2.51. The van der Waals surface area contributed by atoms with Crippen molar-refractivity contribution >= 4 is 40.9 Å². The highest BCUT2D eigenvalue weighted by molar-refractivity contribution is 6.42. The molecular weight excluding hydrogens is 495 g/mol. The molecule has 0 aromatic heterocycles. The van der Waals surface area contributed by atoms with Crippen molar-refractivity contribution < 1.29 is 28.9 Å². The van der Waals surface area contributed by atoms with E-state index in [4.69, 9.17) is 42.5 Å². The minimum atomic E-state index is -0.867. The zero-order chi connectivity index (χ0) is 26.0. The Morgan fingerprint density at radius 3 is 2.17 bits per heavy atom. The number of hydrogen-bond donors (Lipinski definition) is 3. The summed E-state index contributed by atoms with van der Waals surface area (Å²) in [5.41, 5.74) is 1.50. The Kier molecular flexibility index (Phi) is 11.3. The number of hydrogen-bond acceptors (Lipinski definition) is 5. The minimum absolute atomic E-state index is 0.0339. The second-order valence-corrected chi connectivity index (χ2v) is 8.98. The number of nitrogens with one attached hydrogen (secondary N) is 2. The summed E-state index contributed by atoms with van der Waals surface area (Å²) in [6, 6.07) is 8.13. The largest absolute Gasteiger partial charge is 0.493 e. The Labute approximate surface area is 215 Å². The molecule has 0 radical (unpaired) electrons. The van der Waals surface area contributed by atoms with Crippen LogP contribution in [0.1, 0.15) is 38.2 Å². The molecule has 0 fully saturated rings. The van der Waals surface area contributed by atoms with Gasteiger partial charge in [-0.25, -0.2) is 4.79 Å². The Morgan fingerprint density at radius 1 is 0.971 bits per heavy atom. The fraction of sp³-hybridized carbons (Fsp3) is 0.440. The van der Waals surface area contributed by atoms with Gasteiger partial charge in [0.15, 0.2) is 11.5 Å². The average molecular weight is 527 g/mol. The molecule has 2 amide bonds. The Morgan fingerprint density at radius 2 is 1.63 bits per heavy atom. The molecule has 0 bridgehead atoms. The van der Waals surface area contributed by atoms with Crippen LogP contribution in [-0.4, -0.2) is 44.5 Å². The van der Waals surface area contributed by atoms with E-state index >= 15 is 0 Å². The van der Waals surface area contributed by atoms with Crippen LogP contribution in [0.5, 0.6) is 17.2 Å². The van der Waals surface area contributed by atoms with E-state index in [1.165, 1.54) is 21.3 Å². The van der Waals surface area contributed by atoms with Gasteiger partial charge >= 0.3 is 12.0 Å². The van der Waals surface area contributed by atoms with Crippen molar-refractivity contribution in [3.63, 3.8) is 0 Å². The first-order valence-corrected chi connectivity index (χ1v) is 12.0. The number of amides is 2. The lowest BCUT2D eigenvalue weighted by Gasteiger charge is -2.26. The van der Waals surface area contributed by atoms with Crippen LogP contribution in [0.15, 0.2) is 30.3 Å². The van der Waals surface area contributed by atoms with Crippen LogP contribution in [0, 0.1) is 5.92 Å². The highest BCUT2D eigenvalue weighted by Crippen LogP contribution is 2.40. The van der Waals surface area contributed by atoms with Gasteiger partial charge in [0.25, 0.3) is 0 Å². The van der Waals surface area contributed by atoms with Gasteiger partial charge in [0.1, 0.15) is 0 Å². The van der Waals surface area contributed by atoms with Crippen LogP contribution in [-0.2, 0) is 11.2 Å². The van der Waals surface area contributed by atoms with E-state index in [1.807, 2.05) is 19.1 Å². The smallest absolute Gasteiger partial charge is 0.319 e. The molecule has 0 aliphatic heterocycles. The normalized spacial score (nSPS) is 12.4. The van der Waals surface area contributed by atoms with Gasteiger partial charge in [-0.2, -0.15) is 0 Å². The summed E-state index contributed by atoms with van der Waals surface area (Å²) in [5.74, 6) is 0.451. The lowest BCUT2D eigenvalue weighted by Crippen LogP contribution is -2.42.